The molecule has 0 saturated carbocycles. The van der Waals surface area contributed by atoms with Crippen LogP contribution < -0.4 is 0 Å². The van der Waals surface area contributed by atoms with Gasteiger partial charge in [0.05, 0.1) is 12.1 Å². The van der Waals surface area contributed by atoms with Gasteiger partial charge >= 0.3 is 5.97 Å². The summed E-state index contributed by atoms with van der Waals surface area (Å²) in [6.07, 6.45) is 4.87. The first-order valence-electron chi connectivity index (χ1n) is 5.73. The largest absolute Gasteiger partial charge is 0.481 e. The van der Waals surface area contributed by atoms with Gasteiger partial charge in [-0.1, -0.05) is 5.21 Å². The Morgan fingerprint density at radius 3 is 2.94 bits per heavy atom. The lowest BCUT2D eigenvalue weighted by atomic mass is 10.2. The second kappa shape index (κ2) is 5.44. The van der Waals surface area contributed by atoms with E-state index in [-0.39, 0.29) is 6.42 Å². The van der Waals surface area contributed by atoms with Gasteiger partial charge in [0.15, 0.2) is 0 Å². The highest BCUT2D eigenvalue weighted by atomic mass is 16.4. The number of carboxylic acid groups (broad SMARTS) is 1. The fourth-order valence-electron chi connectivity index (χ4n) is 1.67. The summed E-state index contributed by atoms with van der Waals surface area (Å²) in [5.74, 6) is -0.820. The predicted molar refractivity (Wildman–Crippen MR) is 62.9 cm³/mol. The van der Waals surface area contributed by atoms with E-state index in [0.717, 1.165) is 12.1 Å². The van der Waals surface area contributed by atoms with Crippen LogP contribution in [0.4, 0.5) is 0 Å². The van der Waals surface area contributed by atoms with E-state index >= 15 is 0 Å². The molecule has 2 aromatic rings. The first-order chi connectivity index (χ1) is 8.65. The molecule has 0 radical (unpaired) electrons. The Kier molecular flexibility index (Phi) is 3.71. The van der Waals surface area contributed by atoms with Crippen LogP contribution in [0, 0.1) is 0 Å². The molecule has 2 rings (SSSR count). The summed E-state index contributed by atoms with van der Waals surface area (Å²) in [4.78, 5) is 10.4. The monoisotopic (exact) mass is 249 g/mol. The summed E-state index contributed by atoms with van der Waals surface area (Å²) in [6.45, 7) is 0.708. The number of nitrogens with zero attached hydrogens (tertiary/aromatic N) is 5. The van der Waals surface area contributed by atoms with Crippen molar-refractivity contribution in [2.75, 3.05) is 0 Å². The molecule has 0 aliphatic heterocycles. The highest BCUT2D eigenvalue weighted by Gasteiger charge is 2.05. The summed E-state index contributed by atoms with van der Waals surface area (Å²) in [7, 11) is 1.90. The van der Waals surface area contributed by atoms with Crippen molar-refractivity contribution in [2.24, 2.45) is 7.05 Å². The minimum Gasteiger partial charge on any atom is -0.481 e. The minimum atomic E-state index is -0.820. The van der Waals surface area contributed by atoms with Gasteiger partial charge in [-0.25, -0.2) is 0 Å². The highest BCUT2D eigenvalue weighted by Crippen LogP contribution is 2.02. The van der Waals surface area contributed by atoms with E-state index < -0.39 is 5.97 Å². The van der Waals surface area contributed by atoms with Gasteiger partial charge < -0.3 is 5.11 Å². The molecule has 0 aliphatic carbocycles. The van der Waals surface area contributed by atoms with Crippen molar-refractivity contribution in [3.63, 3.8) is 0 Å². The minimum absolute atomic E-state index is 0.0838. The molecule has 18 heavy (non-hydrogen) atoms. The lowest BCUT2D eigenvalue weighted by Gasteiger charge is -2.01. The Morgan fingerprint density at radius 2 is 2.28 bits per heavy atom. The first kappa shape index (κ1) is 12.3. The predicted octanol–water partition coefficient (Wildman–Crippen LogP) is 0.272. The van der Waals surface area contributed by atoms with Gasteiger partial charge in [-0.15, -0.1) is 5.10 Å². The topological polar surface area (TPSA) is 85.8 Å². The molecular weight excluding hydrogens is 234 g/mol. The molecule has 0 fully saturated rings. The van der Waals surface area contributed by atoms with E-state index in [1.54, 1.807) is 17.1 Å². The lowest BCUT2D eigenvalue weighted by molar-refractivity contribution is -0.136. The highest BCUT2D eigenvalue weighted by molar-refractivity contribution is 5.66. The van der Waals surface area contributed by atoms with Crippen LogP contribution in [-0.2, 0) is 31.2 Å². The third-order valence-corrected chi connectivity index (χ3v) is 2.70. The number of aliphatic carboxylic acids is 1. The van der Waals surface area contributed by atoms with Crippen LogP contribution in [0.1, 0.15) is 17.8 Å². The number of aromatic nitrogens is 5. The number of carbonyl (C=O) groups is 1. The summed E-state index contributed by atoms with van der Waals surface area (Å²) >= 11 is 0. The van der Waals surface area contributed by atoms with Crippen LogP contribution in [-0.4, -0.2) is 35.9 Å². The SMILES string of the molecule is Cn1nccc1CCn1cc(CCC(=O)O)nn1. The van der Waals surface area contributed by atoms with E-state index in [4.69, 9.17) is 5.11 Å². The zero-order valence-electron chi connectivity index (χ0n) is 10.2. The van der Waals surface area contributed by atoms with Crippen molar-refractivity contribution in [1.82, 2.24) is 24.8 Å². The third-order valence-electron chi connectivity index (χ3n) is 2.70. The molecule has 7 nitrogen and oxygen atoms in total. The fourth-order valence-corrected chi connectivity index (χ4v) is 1.67. The lowest BCUT2D eigenvalue weighted by Crippen LogP contribution is -2.06. The maximum atomic E-state index is 10.4. The summed E-state index contributed by atoms with van der Waals surface area (Å²) in [6, 6.07) is 1.96. The summed E-state index contributed by atoms with van der Waals surface area (Å²) in [5, 5.41) is 20.6. The van der Waals surface area contributed by atoms with Crippen LogP contribution in [0.5, 0.6) is 0 Å². The molecule has 0 aliphatic rings. The number of aryl methyl sites for hydroxylation is 4. The molecule has 96 valence electrons. The van der Waals surface area contributed by atoms with Gasteiger partial charge in [0.1, 0.15) is 0 Å². The maximum absolute atomic E-state index is 10.4. The Balaban J connectivity index is 1.87. The molecule has 0 saturated heterocycles. The fraction of sp³-hybridized carbons (Fsp3) is 0.455. The molecule has 2 aromatic heterocycles. The van der Waals surface area contributed by atoms with Gasteiger partial charge in [0.2, 0.25) is 0 Å². The molecular formula is C11H15N5O2. The molecule has 1 N–H and O–H groups in total. The second-order valence-corrected chi connectivity index (χ2v) is 4.06. The van der Waals surface area contributed by atoms with E-state index in [2.05, 4.69) is 15.4 Å². The molecule has 0 amide bonds. The van der Waals surface area contributed by atoms with Crippen molar-refractivity contribution in [1.29, 1.82) is 0 Å². The van der Waals surface area contributed by atoms with Gasteiger partial charge in [-0.3, -0.25) is 14.2 Å². The molecule has 0 aromatic carbocycles. The number of hydrogen-bond donors (Lipinski definition) is 1. The molecule has 0 atom stereocenters. The maximum Gasteiger partial charge on any atom is 0.303 e. The average Bonchev–Trinajstić information content (AvgIpc) is 2.93. The van der Waals surface area contributed by atoms with Crippen LogP contribution >= 0.6 is 0 Å². The quantitative estimate of drug-likeness (QED) is 0.794. The standard InChI is InChI=1S/C11H15N5O2/c1-15-10(4-6-12-15)5-7-16-8-9(13-14-16)2-3-11(17)18/h4,6,8H,2-3,5,7H2,1H3,(H,17,18). The van der Waals surface area contributed by atoms with Crippen LogP contribution in [0.2, 0.25) is 0 Å². The summed E-state index contributed by atoms with van der Waals surface area (Å²) < 4.78 is 3.55. The zero-order valence-corrected chi connectivity index (χ0v) is 10.2. The van der Waals surface area contributed by atoms with E-state index in [1.807, 2.05) is 17.8 Å². The Morgan fingerprint density at radius 1 is 1.44 bits per heavy atom. The van der Waals surface area contributed by atoms with E-state index in [9.17, 15) is 4.79 Å². The van der Waals surface area contributed by atoms with Gasteiger partial charge in [0, 0.05) is 44.5 Å². The molecule has 0 spiro atoms. The van der Waals surface area contributed by atoms with Gasteiger partial charge in [-0.2, -0.15) is 5.10 Å². The second-order valence-electron chi connectivity index (χ2n) is 4.06. The zero-order chi connectivity index (χ0) is 13.0. The van der Waals surface area contributed by atoms with Crippen LogP contribution in [0.25, 0.3) is 0 Å². The smallest absolute Gasteiger partial charge is 0.303 e. The van der Waals surface area contributed by atoms with E-state index in [1.165, 1.54) is 0 Å². The van der Waals surface area contributed by atoms with Crippen molar-refractivity contribution in [3.05, 3.63) is 29.8 Å². The summed E-state index contributed by atoms with van der Waals surface area (Å²) in [5.41, 5.74) is 1.83. The van der Waals surface area contributed by atoms with Crippen LogP contribution in [0.15, 0.2) is 18.5 Å². The Hall–Kier alpha value is -2.18. The van der Waals surface area contributed by atoms with Crippen molar-refractivity contribution in [2.45, 2.75) is 25.8 Å². The normalized spacial score (nSPS) is 10.7. The first-order valence-corrected chi connectivity index (χ1v) is 5.73. The Bertz CT molecular complexity index is 531. The van der Waals surface area contributed by atoms with Gasteiger partial charge in [-0.05, 0) is 6.07 Å². The molecule has 0 bridgehead atoms. The van der Waals surface area contributed by atoms with Crippen molar-refractivity contribution >= 4 is 5.97 Å². The van der Waals surface area contributed by atoms with Crippen molar-refractivity contribution < 1.29 is 9.90 Å². The number of hydrogen-bond acceptors (Lipinski definition) is 4. The molecule has 0 unspecified atom stereocenters. The molecule has 2 heterocycles. The molecule has 7 heteroatoms. The van der Waals surface area contributed by atoms with Crippen molar-refractivity contribution in [3.8, 4) is 0 Å². The van der Waals surface area contributed by atoms with E-state index in [0.29, 0.717) is 18.7 Å². The Labute approximate surface area is 104 Å². The van der Waals surface area contributed by atoms with Crippen LogP contribution in [0.3, 0.4) is 0 Å². The average molecular weight is 249 g/mol. The third kappa shape index (κ3) is 3.16. The number of carboxylic acids is 1. The number of rotatable bonds is 6. The van der Waals surface area contributed by atoms with Gasteiger partial charge in [0.25, 0.3) is 0 Å².